The fourth-order valence-electron chi connectivity index (χ4n) is 5.80. The van der Waals surface area contributed by atoms with Crippen molar-refractivity contribution in [1.29, 1.82) is 0 Å². The van der Waals surface area contributed by atoms with Gasteiger partial charge in [-0.2, -0.15) is 13.2 Å². The maximum atomic E-state index is 13.6. The van der Waals surface area contributed by atoms with Crippen molar-refractivity contribution in [2.24, 2.45) is 0 Å². The lowest BCUT2D eigenvalue weighted by Gasteiger charge is -2.36. The molecule has 2 saturated heterocycles. The number of alkyl halides is 3. The third-order valence-electron chi connectivity index (χ3n) is 7.94. The lowest BCUT2D eigenvalue weighted by atomic mass is 10.0. The minimum absolute atomic E-state index is 0.187. The normalized spacial score (nSPS) is 19.3. The highest BCUT2D eigenvalue weighted by Crippen LogP contribution is 2.31. The molecule has 0 aliphatic carbocycles. The zero-order valence-corrected chi connectivity index (χ0v) is 24.2. The van der Waals surface area contributed by atoms with E-state index in [-0.39, 0.29) is 17.5 Å². The van der Waals surface area contributed by atoms with E-state index in [0.717, 1.165) is 56.4 Å². The number of sulfone groups is 1. The molecule has 2 aromatic carbocycles. The number of likely N-dealkylation sites (N-methyl/N-ethyl adjacent to an activating group) is 1. The molecule has 1 atom stereocenters. The third kappa shape index (κ3) is 7.36. The molecule has 7 nitrogen and oxygen atoms in total. The smallest absolute Gasteiger partial charge is 0.382 e. The lowest BCUT2D eigenvalue weighted by Crippen LogP contribution is -2.45. The van der Waals surface area contributed by atoms with Gasteiger partial charge in [-0.3, -0.25) is 4.90 Å². The Labute approximate surface area is 239 Å². The summed E-state index contributed by atoms with van der Waals surface area (Å²) < 4.78 is 65.2. The summed E-state index contributed by atoms with van der Waals surface area (Å²) in [6, 6.07) is 14.3. The minimum atomic E-state index is -4.40. The van der Waals surface area contributed by atoms with Gasteiger partial charge in [0.2, 0.25) is 0 Å². The molecule has 220 valence electrons. The highest BCUT2D eigenvalue weighted by molar-refractivity contribution is 7.90. The minimum Gasteiger partial charge on any atom is -0.382 e. The number of halogens is 3. The number of fused-ring (bicyclic) bond motifs is 1. The van der Waals surface area contributed by atoms with Crippen LogP contribution < -0.4 is 10.6 Å². The number of piperidine rings is 1. The van der Waals surface area contributed by atoms with Gasteiger partial charge in [0.15, 0.2) is 9.84 Å². The van der Waals surface area contributed by atoms with Crippen LogP contribution in [-0.4, -0.2) is 87.1 Å². The van der Waals surface area contributed by atoms with Crippen molar-refractivity contribution in [1.82, 2.24) is 14.4 Å². The van der Waals surface area contributed by atoms with Gasteiger partial charge in [0.1, 0.15) is 6.54 Å². The average Bonchev–Trinajstić information content (AvgIpc) is 3.50. The Morgan fingerprint density at radius 2 is 1.76 bits per heavy atom. The Morgan fingerprint density at radius 1 is 1.02 bits per heavy atom. The number of hydrogen-bond acceptors (Lipinski definition) is 6. The second kappa shape index (κ2) is 12.0. The van der Waals surface area contributed by atoms with Crippen LogP contribution in [0, 0.1) is 11.8 Å². The van der Waals surface area contributed by atoms with Crippen molar-refractivity contribution in [3.05, 3.63) is 54.2 Å². The van der Waals surface area contributed by atoms with Gasteiger partial charge < -0.3 is 20.1 Å². The summed E-state index contributed by atoms with van der Waals surface area (Å²) in [5.41, 5.74) is 2.28. The van der Waals surface area contributed by atoms with E-state index in [4.69, 9.17) is 0 Å². The van der Waals surface area contributed by atoms with Gasteiger partial charge in [0, 0.05) is 54.7 Å². The molecule has 2 aliphatic rings. The molecule has 3 heterocycles. The molecule has 3 aromatic rings. The summed E-state index contributed by atoms with van der Waals surface area (Å²) in [4.78, 5) is 5.15. The second-order valence-corrected chi connectivity index (χ2v) is 13.1. The van der Waals surface area contributed by atoms with Gasteiger partial charge in [-0.05, 0) is 81.2 Å². The number of nitrogens with one attached hydrogen (secondary N) is 2. The summed E-state index contributed by atoms with van der Waals surface area (Å²) in [5, 5.41) is 7.41. The maximum absolute atomic E-state index is 13.6. The molecular formula is C30H36F3N5O2S. The molecule has 1 aromatic heterocycles. The monoisotopic (exact) mass is 587 g/mol. The first-order chi connectivity index (χ1) is 19.5. The molecule has 0 saturated carbocycles. The van der Waals surface area contributed by atoms with Gasteiger partial charge in [-0.1, -0.05) is 12.0 Å². The topological polar surface area (TPSA) is 69.6 Å². The standard InChI is InChI=1S/C30H36F3N5O2S/c1-36-16-14-25(20-36)37-17-12-23(13-18-37)35-28-6-3-7-29-27(28)19-24(38(29)21-30(31,32)33)5-4-15-34-22-8-10-26(11-9-22)41(2,39)40/h3,6-11,19,23,25,34-35H,12-18,20-21H2,1-2H3. The molecule has 41 heavy (non-hydrogen) atoms. The van der Waals surface area contributed by atoms with Gasteiger partial charge in [-0.25, -0.2) is 8.42 Å². The summed E-state index contributed by atoms with van der Waals surface area (Å²) in [6.07, 6.45) is -0.0741. The Balaban J connectivity index is 1.30. The molecule has 2 N–H and O–H groups in total. The Hall–Kier alpha value is -3.20. The van der Waals surface area contributed by atoms with E-state index in [0.29, 0.717) is 22.9 Å². The van der Waals surface area contributed by atoms with Crippen molar-refractivity contribution in [2.75, 3.05) is 56.7 Å². The SMILES string of the molecule is CN1CCC(N2CCC(Nc3cccc4c3cc(C#CCNc3ccc(S(C)(=O)=O)cc3)n4CC(F)(F)F)CC2)C1. The van der Waals surface area contributed by atoms with Crippen LogP contribution in [0.5, 0.6) is 0 Å². The van der Waals surface area contributed by atoms with E-state index in [9.17, 15) is 21.6 Å². The number of benzene rings is 2. The second-order valence-electron chi connectivity index (χ2n) is 11.1. The van der Waals surface area contributed by atoms with Crippen LogP contribution in [0.2, 0.25) is 0 Å². The van der Waals surface area contributed by atoms with Crippen LogP contribution >= 0.6 is 0 Å². The quantitative estimate of drug-likeness (QED) is 0.393. The first-order valence-corrected chi connectivity index (χ1v) is 15.8. The van der Waals surface area contributed by atoms with Crippen molar-refractivity contribution in [3.8, 4) is 11.8 Å². The predicted molar refractivity (Wildman–Crippen MR) is 157 cm³/mol. The van der Waals surface area contributed by atoms with Crippen molar-refractivity contribution in [2.45, 2.75) is 49.0 Å². The number of nitrogens with zero attached hydrogens (tertiary/aromatic N) is 3. The summed E-state index contributed by atoms with van der Waals surface area (Å²) in [6.45, 7) is 3.34. The summed E-state index contributed by atoms with van der Waals surface area (Å²) in [7, 11) is -1.13. The zero-order chi connectivity index (χ0) is 29.2. The Morgan fingerprint density at radius 3 is 2.39 bits per heavy atom. The van der Waals surface area contributed by atoms with Gasteiger partial charge in [-0.15, -0.1) is 0 Å². The van der Waals surface area contributed by atoms with Crippen molar-refractivity contribution < 1.29 is 21.6 Å². The molecule has 0 bridgehead atoms. The number of rotatable bonds is 7. The van der Waals surface area contributed by atoms with Crippen LogP contribution in [0.25, 0.3) is 10.9 Å². The van der Waals surface area contributed by atoms with Crippen LogP contribution in [0.1, 0.15) is 25.0 Å². The Kier molecular flexibility index (Phi) is 8.55. The highest BCUT2D eigenvalue weighted by Gasteiger charge is 2.31. The average molecular weight is 588 g/mol. The molecular weight excluding hydrogens is 551 g/mol. The van der Waals surface area contributed by atoms with Crippen LogP contribution in [0.15, 0.2) is 53.4 Å². The Bertz CT molecular complexity index is 1530. The van der Waals surface area contributed by atoms with Crippen molar-refractivity contribution >= 4 is 32.1 Å². The molecule has 5 rings (SSSR count). The van der Waals surface area contributed by atoms with E-state index in [1.807, 2.05) is 6.07 Å². The van der Waals surface area contributed by atoms with Crippen molar-refractivity contribution in [3.63, 3.8) is 0 Å². The molecule has 0 spiro atoms. The van der Waals surface area contributed by atoms with E-state index in [1.165, 1.54) is 23.1 Å². The van der Waals surface area contributed by atoms with Crippen LogP contribution in [-0.2, 0) is 16.4 Å². The zero-order valence-electron chi connectivity index (χ0n) is 23.3. The van der Waals surface area contributed by atoms with E-state index >= 15 is 0 Å². The number of likely N-dealkylation sites (tertiary alicyclic amines) is 2. The molecule has 11 heteroatoms. The molecule has 0 amide bonds. The maximum Gasteiger partial charge on any atom is 0.406 e. The van der Waals surface area contributed by atoms with Gasteiger partial charge in [0.25, 0.3) is 0 Å². The molecule has 2 fully saturated rings. The first-order valence-electron chi connectivity index (χ1n) is 13.9. The van der Waals surface area contributed by atoms with Gasteiger partial charge >= 0.3 is 6.18 Å². The fourth-order valence-corrected chi connectivity index (χ4v) is 6.43. The first kappa shape index (κ1) is 29.3. The number of hydrogen-bond donors (Lipinski definition) is 2. The fraction of sp³-hybridized carbons (Fsp3) is 0.467. The van der Waals surface area contributed by atoms with Crippen LogP contribution in [0.3, 0.4) is 0 Å². The molecule has 0 radical (unpaired) electrons. The van der Waals surface area contributed by atoms with Crippen LogP contribution in [0.4, 0.5) is 24.5 Å². The predicted octanol–water partition coefficient (Wildman–Crippen LogP) is 4.65. The molecule has 1 unspecified atom stereocenters. The number of aromatic nitrogens is 1. The van der Waals surface area contributed by atoms with E-state index in [1.54, 1.807) is 30.3 Å². The number of anilines is 2. The highest BCUT2D eigenvalue weighted by atomic mass is 32.2. The summed E-state index contributed by atoms with van der Waals surface area (Å²) in [5.74, 6) is 5.84. The van der Waals surface area contributed by atoms with E-state index in [2.05, 4.69) is 39.3 Å². The molecule has 2 aliphatic heterocycles. The van der Waals surface area contributed by atoms with E-state index < -0.39 is 22.6 Å². The lowest BCUT2D eigenvalue weighted by molar-refractivity contribution is -0.140. The summed E-state index contributed by atoms with van der Waals surface area (Å²) >= 11 is 0. The largest absolute Gasteiger partial charge is 0.406 e. The third-order valence-corrected chi connectivity index (χ3v) is 9.06. The van der Waals surface area contributed by atoms with Gasteiger partial charge in [0.05, 0.1) is 22.7 Å².